The minimum absolute atomic E-state index is 0.127. The molecule has 118 valence electrons. The fourth-order valence-electron chi connectivity index (χ4n) is 2.14. The average Bonchev–Trinajstić information content (AvgIpc) is 2.89. The second-order valence-corrected chi connectivity index (χ2v) is 6.02. The van der Waals surface area contributed by atoms with E-state index >= 15 is 0 Å². The summed E-state index contributed by atoms with van der Waals surface area (Å²) in [6, 6.07) is 10.4. The summed E-state index contributed by atoms with van der Waals surface area (Å²) in [7, 11) is 0. The van der Waals surface area contributed by atoms with Crippen molar-refractivity contribution >= 4 is 33.1 Å². The van der Waals surface area contributed by atoms with Crippen LogP contribution in [0.2, 0.25) is 0 Å². The summed E-state index contributed by atoms with van der Waals surface area (Å²) in [6.07, 6.45) is -4.53. The van der Waals surface area contributed by atoms with Gasteiger partial charge in [-0.25, -0.2) is 4.98 Å². The van der Waals surface area contributed by atoms with Gasteiger partial charge in [0.25, 0.3) is 5.91 Å². The van der Waals surface area contributed by atoms with Crippen LogP contribution < -0.4 is 5.32 Å². The first-order chi connectivity index (χ1) is 10.8. The lowest BCUT2D eigenvalue weighted by Gasteiger charge is -2.12. The number of benzene rings is 2. The normalized spacial score (nSPS) is 11.7. The second-order valence-electron chi connectivity index (χ2n) is 4.99. The van der Waals surface area contributed by atoms with Crippen LogP contribution in [0.1, 0.15) is 20.9 Å². The van der Waals surface area contributed by atoms with Gasteiger partial charge >= 0.3 is 6.18 Å². The lowest BCUT2D eigenvalue weighted by atomic mass is 10.1. The number of nitrogens with one attached hydrogen (secondary N) is 1. The number of hydrogen-bond acceptors (Lipinski definition) is 3. The molecule has 3 aromatic rings. The summed E-state index contributed by atoms with van der Waals surface area (Å²) in [5.41, 5.74) is 0.510. The highest BCUT2D eigenvalue weighted by Crippen LogP contribution is 2.35. The van der Waals surface area contributed by atoms with Crippen LogP contribution in [-0.4, -0.2) is 10.9 Å². The Morgan fingerprint density at radius 1 is 1.17 bits per heavy atom. The van der Waals surface area contributed by atoms with Gasteiger partial charge in [0.05, 0.1) is 21.5 Å². The molecule has 0 aliphatic rings. The number of para-hydroxylation sites is 1. The third kappa shape index (κ3) is 3.19. The van der Waals surface area contributed by atoms with Crippen molar-refractivity contribution in [1.82, 2.24) is 4.98 Å². The van der Waals surface area contributed by atoms with Crippen molar-refractivity contribution in [3.05, 3.63) is 58.6 Å². The molecule has 7 heteroatoms. The minimum Gasteiger partial charge on any atom is -0.319 e. The van der Waals surface area contributed by atoms with Crippen molar-refractivity contribution in [2.75, 3.05) is 5.32 Å². The monoisotopic (exact) mass is 336 g/mol. The van der Waals surface area contributed by atoms with Gasteiger partial charge in [-0.05, 0) is 36.8 Å². The number of rotatable bonds is 2. The topological polar surface area (TPSA) is 42.0 Å². The first kappa shape index (κ1) is 15.5. The quantitative estimate of drug-likeness (QED) is 0.725. The number of aryl methyl sites for hydroxylation is 1. The van der Waals surface area contributed by atoms with Gasteiger partial charge < -0.3 is 5.32 Å². The molecule has 1 N–H and O–H groups in total. The largest absolute Gasteiger partial charge is 0.418 e. The fraction of sp³-hybridized carbons (Fsp3) is 0.125. The third-order valence-electron chi connectivity index (χ3n) is 3.22. The van der Waals surface area contributed by atoms with Gasteiger partial charge in [-0.3, -0.25) is 4.79 Å². The zero-order valence-electron chi connectivity index (χ0n) is 11.9. The van der Waals surface area contributed by atoms with Crippen molar-refractivity contribution in [3.8, 4) is 0 Å². The molecule has 0 aliphatic heterocycles. The van der Waals surface area contributed by atoms with E-state index < -0.39 is 17.6 Å². The molecule has 3 rings (SSSR count). The Hall–Kier alpha value is -2.41. The molecule has 1 aromatic heterocycles. The number of hydrogen-bond donors (Lipinski definition) is 1. The first-order valence-electron chi connectivity index (χ1n) is 6.69. The molecule has 1 amide bonds. The number of anilines is 1. The maximum atomic E-state index is 12.9. The molecule has 0 atom stereocenters. The Morgan fingerprint density at radius 3 is 2.65 bits per heavy atom. The number of fused-ring (bicyclic) bond motifs is 1. The maximum Gasteiger partial charge on any atom is 0.418 e. The predicted octanol–water partition coefficient (Wildman–Crippen LogP) is 4.88. The molecular formula is C16H11F3N2OS. The Kier molecular flexibility index (Phi) is 3.81. The molecule has 3 nitrogen and oxygen atoms in total. The van der Waals surface area contributed by atoms with E-state index in [0.717, 1.165) is 27.7 Å². The highest BCUT2D eigenvalue weighted by molar-refractivity contribution is 7.20. The van der Waals surface area contributed by atoms with Crippen molar-refractivity contribution in [2.45, 2.75) is 13.1 Å². The molecule has 2 aromatic carbocycles. The number of amides is 1. The highest BCUT2D eigenvalue weighted by atomic mass is 32.1. The van der Waals surface area contributed by atoms with Crippen LogP contribution in [0.25, 0.3) is 10.2 Å². The molecular weight excluding hydrogens is 325 g/mol. The van der Waals surface area contributed by atoms with Gasteiger partial charge in [0.15, 0.2) is 5.01 Å². The summed E-state index contributed by atoms with van der Waals surface area (Å²) >= 11 is 1.15. The van der Waals surface area contributed by atoms with E-state index in [4.69, 9.17) is 0 Å². The molecule has 0 bridgehead atoms. The molecule has 0 spiro atoms. The SMILES string of the molecule is Cc1ccc2nc(C(=O)Nc3ccccc3C(F)(F)F)sc2c1. The van der Waals surface area contributed by atoms with E-state index in [0.29, 0.717) is 5.52 Å². The summed E-state index contributed by atoms with van der Waals surface area (Å²) in [5.74, 6) is -0.652. The molecule has 1 heterocycles. The van der Waals surface area contributed by atoms with E-state index in [2.05, 4.69) is 10.3 Å². The standard InChI is InChI=1S/C16H11F3N2OS/c1-9-6-7-12-13(8-9)23-15(21-12)14(22)20-11-5-3-2-4-10(11)16(17,18)19/h2-8H,1H3,(H,20,22). The van der Waals surface area contributed by atoms with E-state index in [-0.39, 0.29) is 10.7 Å². The Morgan fingerprint density at radius 2 is 1.91 bits per heavy atom. The van der Waals surface area contributed by atoms with Gasteiger partial charge in [0, 0.05) is 0 Å². The molecule has 23 heavy (non-hydrogen) atoms. The van der Waals surface area contributed by atoms with Gasteiger partial charge in [0.1, 0.15) is 0 Å². The summed E-state index contributed by atoms with van der Waals surface area (Å²) in [6.45, 7) is 1.92. The van der Waals surface area contributed by atoms with Crippen molar-refractivity contribution in [3.63, 3.8) is 0 Å². The van der Waals surface area contributed by atoms with Crippen LogP contribution in [0, 0.1) is 6.92 Å². The number of nitrogens with zero attached hydrogens (tertiary/aromatic N) is 1. The molecule has 0 fully saturated rings. The Labute approximate surface area is 133 Å². The lowest BCUT2D eigenvalue weighted by Crippen LogP contribution is -2.16. The van der Waals surface area contributed by atoms with Crippen LogP contribution in [0.3, 0.4) is 0 Å². The van der Waals surface area contributed by atoms with Crippen LogP contribution in [0.4, 0.5) is 18.9 Å². The van der Waals surface area contributed by atoms with Crippen LogP contribution in [-0.2, 0) is 6.18 Å². The fourth-order valence-corrected chi connectivity index (χ4v) is 3.10. The molecule has 0 saturated heterocycles. The number of carbonyl (C=O) groups is 1. The second kappa shape index (κ2) is 5.66. The number of halogens is 3. The van der Waals surface area contributed by atoms with Crippen LogP contribution >= 0.6 is 11.3 Å². The zero-order chi connectivity index (χ0) is 16.6. The highest BCUT2D eigenvalue weighted by Gasteiger charge is 2.33. The van der Waals surface area contributed by atoms with Gasteiger partial charge in [-0.1, -0.05) is 18.2 Å². The number of alkyl halides is 3. The van der Waals surface area contributed by atoms with Crippen LogP contribution in [0.15, 0.2) is 42.5 Å². The van der Waals surface area contributed by atoms with E-state index in [1.807, 2.05) is 19.1 Å². The van der Waals surface area contributed by atoms with E-state index in [1.54, 1.807) is 6.07 Å². The first-order valence-corrected chi connectivity index (χ1v) is 7.51. The van der Waals surface area contributed by atoms with E-state index in [9.17, 15) is 18.0 Å². The third-order valence-corrected chi connectivity index (χ3v) is 4.24. The van der Waals surface area contributed by atoms with Gasteiger partial charge in [0.2, 0.25) is 0 Å². The maximum absolute atomic E-state index is 12.9. The number of carbonyl (C=O) groups excluding carboxylic acids is 1. The van der Waals surface area contributed by atoms with Crippen molar-refractivity contribution in [1.29, 1.82) is 0 Å². The minimum atomic E-state index is -4.53. The summed E-state index contributed by atoms with van der Waals surface area (Å²) < 4.78 is 39.7. The Bertz CT molecular complexity index is 886. The van der Waals surface area contributed by atoms with Crippen molar-refractivity contribution < 1.29 is 18.0 Å². The average molecular weight is 336 g/mol. The van der Waals surface area contributed by atoms with E-state index in [1.165, 1.54) is 18.2 Å². The van der Waals surface area contributed by atoms with Crippen molar-refractivity contribution in [2.24, 2.45) is 0 Å². The molecule has 0 saturated carbocycles. The van der Waals surface area contributed by atoms with Gasteiger partial charge in [-0.15, -0.1) is 11.3 Å². The zero-order valence-corrected chi connectivity index (χ0v) is 12.8. The molecule has 0 aliphatic carbocycles. The molecule has 0 unspecified atom stereocenters. The summed E-state index contributed by atoms with van der Waals surface area (Å²) in [4.78, 5) is 16.4. The lowest BCUT2D eigenvalue weighted by molar-refractivity contribution is -0.136. The Balaban J connectivity index is 1.92. The van der Waals surface area contributed by atoms with Crippen LogP contribution in [0.5, 0.6) is 0 Å². The number of aromatic nitrogens is 1. The smallest absolute Gasteiger partial charge is 0.319 e. The number of thiazole rings is 1. The molecule has 0 radical (unpaired) electrons. The predicted molar refractivity (Wildman–Crippen MR) is 83.8 cm³/mol. The summed E-state index contributed by atoms with van der Waals surface area (Å²) in [5, 5.41) is 2.43. The van der Waals surface area contributed by atoms with Gasteiger partial charge in [-0.2, -0.15) is 13.2 Å².